The zero-order valence-electron chi connectivity index (χ0n) is 8.82. The van der Waals surface area contributed by atoms with Crippen LogP contribution >= 0.6 is 0 Å². The van der Waals surface area contributed by atoms with Gasteiger partial charge in [0.25, 0.3) is 0 Å². The van der Waals surface area contributed by atoms with E-state index in [9.17, 15) is 18.0 Å². The lowest BCUT2D eigenvalue weighted by atomic mass is 10.1. The summed E-state index contributed by atoms with van der Waals surface area (Å²) in [4.78, 5) is 11.1. The molecule has 4 nitrogen and oxygen atoms in total. The Bertz CT molecular complexity index is 406. The number of nitrogens with two attached hydrogens (primary N) is 1. The first-order chi connectivity index (χ1) is 7.85. The second kappa shape index (κ2) is 5.05. The lowest BCUT2D eigenvalue weighted by molar-refractivity contribution is -0.275. The number of carbonyl (C=O) groups is 1. The Hall–Kier alpha value is -1.76. The third-order valence-electron chi connectivity index (χ3n) is 1.93. The van der Waals surface area contributed by atoms with Crippen LogP contribution < -0.4 is 10.5 Å². The van der Waals surface area contributed by atoms with Gasteiger partial charge in [-0.15, -0.1) is 13.2 Å². The molecule has 1 aromatic carbocycles. The molecule has 0 aliphatic carbocycles. The Kier molecular flexibility index (Phi) is 3.95. The number of hydrogen-bond acceptors (Lipinski definition) is 4. The van der Waals surface area contributed by atoms with Gasteiger partial charge in [-0.2, -0.15) is 0 Å². The summed E-state index contributed by atoms with van der Waals surface area (Å²) in [5.74, 6) is -1.36. The van der Waals surface area contributed by atoms with Crippen LogP contribution in [-0.2, 0) is 9.53 Å². The monoisotopic (exact) mass is 249 g/mol. The van der Waals surface area contributed by atoms with Gasteiger partial charge in [-0.25, -0.2) is 0 Å². The fourth-order valence-corrected chi connectivity index (χ4v) is 1.21. The molecular weight excluding hydrogens is 239 g/mol. The Morgan fingerprint density at radius 1 is 1.35 bits per heavy atom. The Labute approximate surface area is 95.1 Å². The van der Waals surface area contributed by atoms with E-state index in [0.29, 0.717) is 0 Å². The highest BCUT2D eigenvalue weighted by Crippen LogP contribution is 2.29. The second-order valence-electron chi connectivity index (χ2n) is 3.09. The van der Waals surface area contributed by atoms with Crippen molar-refractivity contribution >= 4 is 5.97 Å². The molecule has 0 spiro atoms. The number of benzene rings is 1. The summed E-state index contributed by atoms with van der Waals surface area (Å²) in [5, 5.41) is 0. The molecule has 0 saturated heterocycles. The van der Waals surface area contributed by atoms with Gasteiger partial charge in [0.15, 0.2) is 0 Å². The normalized spacial score (nSPS) is 13.0. The molecule has 17 heavy (non-hydrogen) atoms. The van der Waals surface area contributed by atoms with Crippen LogP contribution in [0.4, 0.5) is 13.2 Å². The number of para-hydroxylation sites is 1. The maximum atomic E-state index is 12.1. The molecule has 1 rings (SSSR count). The fourth-order valence-electron chi connectivity index (χ4n) is 1.21. The van der Waals surface area contributed by atoms with Gasteiger partial charge >= 0.3 is 12.3 Å². The van der Waals surface area contributed by atoms with E-state index in [1.807, 2.05) is 0 Å². The van der Waals surface area contributed by atoms with Crippen molar-refractivity contribution in [1.82, 2.24) is 0 Å². The molecule has 2 N–H and O–H groups in total. The van der Waals surface area contributed by atoms with Crippen molar-refractivity contribution in [2.45, 2.75) is 12.4 Å². The molecule has 0 aromatic heterocycles. The fraction of sp³-hybridized carbons (Fsp3) is 0.300. The molecule has 0 heterocycles. The first kappa shape index (κ1) is 13.3. The Morgan fingerprint density at radius 2 is 1.94 bits per heavy atom. The van der Waals surface area contributed by atoms with Gasteiger partial charge in [0, 0.05) is 5.56 Å². The Balaban J connectivity index is 3.03. The van der Waals surface area contributed by atoms with Crippen LogP contribution in [0.25, 0.3) is 0 Å². The Morgan fingerprint density at radius 3 is 2.47 bits per heavy atom. The van der Waals surface area contributed by atoms with E-state index >= 15 is 0 Å². The van der Waals surface area contributed by atoms with Crippen LogP contribution in [0.5, 0.6) is 5.75 Å². The predicted molar refractivity (Wildman–Crippen MR) is 52.1 cm³/mol. The number of halogens is 3. The summed E-state index contributed by atoms with van der Waals surface area (Å²) in [5.41, 5.74) is 5.36. The topological polar surface area (TPSA) is 61.5 Å². The van der Waals surface area contributed by atoms with E-state index in [1.165, 1.54) is 18.2 Å². The molecule has 1 atom stereocenters. The minimum atomic E-state index is -4.84. The van der Waals surface area contributed by atoms with Gasteiger partial charge in [-0.05, 0) is 6.07 Å². The summed E-state index contributed by atoms with van der Waals surface area (Å²) < 4.78 is 44.4. The average molecular weight is 249 g/mol. The van der Waals surface area contributed by atoms with Crippen LogP contribution in [0, 0.1) is 0 Å². The summed E-state index contributed by atoms with van der Waals surface area (Å²) in [6.45, 7) is 0. The van der Waals surface area contributed by atoms with Crippen molar-refractivity contribution in [2.75, 3.05) is 7.11 Å². The molecule has 0 amide bonds. The molecule has 94 valence electrons. The highest BCUT2D eigenvalue weighted by Gasteiger charge is 2.33. The average Bonchev–Trinajstić information content (AvgIpc) is 2.25. The van der Waals surface area contributed by atoms with Crippen molar-refractivity contribution in [1.29, 1.82) is 0 Å². The number of esters is 1. The minimum absolute atomic E-state index is 0.0864. The highest BCUT2D eigenvalue weighted by atomic mass is 19.4. The van der Waals surface area contributed by atoms with E-state index in [0.717, 1.165) is 13.2 Å². The molecule has 0 aliphatic rings. The minimum Gasteiger partial charge on any atom is -0.468 e. The van der Waals surface area contributed by atoms with Crippen LogP contribution in [0.15, 0.2) is 24.3 Å². The lowest BCUT2D eigenvalue weighted by Crippen LogP contribution is -2.25. The lowest BCUT2D eigenvalue weighted by Gasteiger charge is -2.16. The molecule has 0 bridgehead atoms. The van der Waals surface area contributed by atoms with E-state index in [4.69, 9.17) is 5.73 Å². The molecule has 0 fully saturated rings. The zero-order chi connectivity index (χ0) is 13.1. The molecule has 0 unspecified atom stereocenters. The van der Waals surface area contributed by atoms with Gasteiger partial charge in [0.2, 0.25) is 0 Å². The summed E-state index contributed by atoms with van der Waals surface area (Å²) in [6.07, 6.45) is -4.84. The highest BCUT2D eigenvalue weighted by molar-refractivity contribution is 5.78. The second-order valence-corrected chi connectivity index (χ2v) is 3.09. The van der Waals surface area contributed by atoms with E-state index in [-0.39, 0.29) is 5.56 Å². The molecule has 0 aliphatic heterocycles. The van der Waals surface area contributed by atoms with Gasteiger partial charge in [0.1, 0.15) is 11.8 Å². The molecule has 0 saturated carbocycles. The standard InChI is InChI=1S/C10H10F3NO3/c1-16-9(15)8(14)6-4-2-3-5-7(6)17-10(11,12)13/h2-5,8H,14H2,1H3/t8-/m1/s1. The third-order valence-corrected chi connectivity index (χ3v) is 1.93. The quantitative estimate of drug-likeness (QED) is 0.829. The number of carbonyl (C=O) groups excluding carboxylic acids is 1. The first-order valence-corrected chi connectivity index (χ1v) is 4.53. The van der Waals surface area contributed by atoms with Crippen LogP contribution in [0.1, 0.15) is 11.6 Å². The zero-order valence-corrected chi connectivity index (χ0v) is 8.82. The van der Waals surface area contributed by atoms with Crippen LogP contribution in [0.3, 0.4) is 0 Å². The number of hydrogen-bond donors (Lipinski definition) is 1. The van der Waals surface area contributed by atoms with Gasteiger partial charge < -0.3 is 15.2 Å². The van der Waals surface area contributed by atoms with Crippen molar-refractivity contribution < 1.29 is 27.4 Å². The summed E-state index contributed by atoms with van der Waals surface area (Å²) in [7, 11) is 1.09. The van der Waals surface area contributed by atoms with Gasteiger partial charge in [-0.3, -0.25) is 4.79 Å². The van der Waals surface area contributed by atoms with Crippen molar-refractivity contribution in [2.24, 2.45) is 5.73 Å². The van der Waals surface area contributed by atoms with E-state index < -0.39 is 24.1 Å². The molecule has 0 radical (unpaired) electrons. The van der Waals surface area contributed by atoms with Crippen molar-refractivity contribution in [3.8, 4) is 5.75 Å². The predicted octanol–water partition coefficient (Wildman–Crippen LogP) is 1.76. The number of methoxy groups -OCH3 is 1. The van der Waals surface area contributed by atoms with Gasteiger partial charge in [0.05, 0.1) is 7.11 Å². The largest absolute Gasteiger partial charge is 0.573 e. The van der Waals surface area contributed by atoms with E-state index in [1.54, 1.807) is 0 Å². The number of rotatable bonds is 3. The SMILES string of the molecule is COC(=O)[C@H](N)c1ccccc1OC(F)(F)F. The molecular formula is C10H10F3NO3. The summed E-state index contributed by atoms with van der Waals surface area (Å²) >= 11 is 0. The molecule has 1 aromatic rings. The maximum Gasteiger partial charge on any atom is 0.573 e. The number of ether oxygens (including phenoxy) is 2. The molecule has 7 heteroatoms. The summed E-state index contributed by atoms with van der Waals surface area (Å²) in [6, 6.07) is 3.81. The van der Waals surface area contributed by atoms with Crippen LogP contribution in [-0.4, -0.2) is 19.4 Å². The maximum absolute atomic E-state index is 12.1. The van der Waals surface area contributed by atoms with E-state index in [2.05, 4.69) is 9.47 Å². The van der Waals surface area contributed by atoms with Crippen molar-refractivity contribution in [3.05, 3.63) is 29.8 Å². The third kappa shape index (κ3) is 3.63. The van der Waals surface area contributed by atoms with Gasteiger partial charge in [-0.1, -0.05) is 18.2 Å². The number of alkyl halides is 3. The first-order valence-electron chi connectivity index (χ1n) is 4.53. The van der Waals surface area contributed by atoms with Crippen LogP contribution in [0.2, 0.25) is 0 Å². The smallest absolute Gasteiger partial charge is 0.468 e. The van der Waals surface area contributed by atoms with Crippen molar-refractivity contribution in [3.63, 3.8) is 0 Å².